The monoisotopic (exact) mass is 556 g/mol. The Kier molecular flexibility index (Phi) is 8.11. The molecule has 12 heteroatoms. The summed E-state index contributed by atoms with van der Waals surface area (Å²) in [6.45, 7) is -0.402. The molecule has 2 heterocycles. The first-order valence-corrected chi connectivity index (χ1v) is 12.5. The predicted octanol–water partition coefficient (Wildman–Crippen LogP) is 2.43. The highest BCUT2D eigenvalue weighted by Crippen LogP contribution is 2.34. The summed E-state index contributed by atoms with van der Waals surface area (Å²) in [5, 5.41) is 0. The number of aromatic nitrogens is 3. The lowest BCUT2D eigenvalue weighted by molar-refractivity contribution is -0.0643. The summed E-state index contributed by atoms with van der Waals surface area (Å²) in [5.41, 5.74) is 5.42. The second-order valence-electron chi connectivity index (χ2n) is 8.91. The lowest BCUT2D eigenvalue weighted by Crippen LogP contribution is -2.42. The molecule has 0 spiro atoms. The van der Waals surface area contributed by atoms with Crippen LogP contribution in [0.1, 0.15) is 37.3 Å². The molecule has 1 fully saturated rings. The Morgan fingerprint density at radius 2 is 1.24 bits per heavy atom. The van der Waals surface area contributed by atoms with Crippen molar-refractivity contribution in [1.29, 1.82) is 0 Å². The maximum absolute atomic E-state index is 13.1. The number of nitrogen functional groups attached to an aromatic ring is 1. The molecule has 5 rings (SSSR count). The Hall–Kier alpha value is -5.36. The van der Waals surface area contributed by atoms with Gasteiger partial charge in [0.25, 0.3) is 0 Å². The van der Waals surface area contributed by atoms with Crippen LogP contribution in [0.3, 0.4) is 0 Å². The molecule has 4 aromatic rings. The highest BCUT2D eigenvalue weighted by molar-refractivity contribution is 5.91. The van der Waals surface area contributed by atoms with Crippen molar-refractivity contribution in [3.63, 3.8) is 0 Å². The van der Waals surface area contributed by atoms with Gasteiger partial charge in [-0.15, -0.1) is 0 Å². The molecule has 0 radical (unpaired) electrons. The molecule has 1 aliphatic rings. The van der Waals surface area contributed by atoms with Gasteiger partial charge < -0.3 is 24.7 Å². The summed E-state index contributed by atoms with van der Waals surface area (Å²) in [6.07, 6.45) is -4.12. The third-order valence-corrected chi connectivity index (χ3v) is 6.20. The first-order valence-electron chi connectivity index (χ1n) is 12.5. The van der Waals surface area contributed by atoms with E-state index in [0.29, 0.717) is 0 Å². The molecule has 41 heavy (non-hydrogen) atoms. The van der Waals surface area contributed by atoms with Crippen molar-refractivity contribution in [3.8, 4) is 0 Å². The summed E-state index contributed by atoms with van der Waals surface area (Å²) >= 11 is 0. The lowest BCUT2D eigenvalue weighted by Gasteiger charge is -2.24. The molecular formula is C29H24N4O8. The summed E-state index contributed by atoms with van der Waals surface area (Å²) in [5.74, 6) is -2.45. The fraction of sp³-hybridized carbons (Fsp3) is 0.172. The Morgan fingerprint density at radius 3 is 1.76 bits per heavy atom. The van der Waals surface area contributed by atoms with Gasteiger partial charge in [-0.25, -0.2) is 24.2 Å². The van der Waals surface area contributed by atoms with E-state index in [4.69, 9.17) is 24.7 Å². The van der Waals surface area contributed by atoms with E-state index in [1.165, 1.54) is 12.1 Å². The number of benzene rings is 3. The number of carbonyl (C=O) groups excluding carboxylic acids is 3. The van der Waals surface area contributed by atoms with Gasteiger partial charge in [0.2, 0.25) is 5.95 Å². The molecular weight excluding hydrogens is 532 g/mol. The molecule has 0 bridgehead atoms. The van der Waals surface area contributed by atoms with Crippen LogP contribution in [0, 0.1) is 0 Å². The molecule has 1 aliphatic heterocycles. The summed E-state index contributed by atoms with van der Waals surface area (Å²) in [6, 6.07) is 24.5. The van der Waals surface area contributed by atoms with Gasteiger partial charge in [-0.05, 0) is 36.4 Å². The van der Waals surface area contributed by atoms with Gasteiger partial charge in [0, 0.05) is 0 Å². The molecule has 1 aromatic heterocycles. The molecule has 2 N–H and O–H groups in total. The number of anilines is 1. The fourth-order valence-electron chi connectivity index (χ4n) is 4.21. The van der Waals surface area contributed by atoms with E-state index in [0.717, 1.165) is 10.9 Å². The average molecular weight is 557 g/mol. The van der Waals surface area contributed by atoms with Gasteiger partial charge >= 0.3 is 23.6 Å². The highest BCUT2D eigenvalue weighted by Gasteiger charge is 2.51. The second-order valence-corrected chi connectivity index (χ2v) is 8.91. The summed E-state index contributed by atoms with van der Waals surface area (Å²) in [4.78, 5) is 59.2. The van der Waals surface area contributed by atoms with Crippen molar-refractivity contribution in [2.75, 3.05) is 12.3 Å². The Bertz CT molecular complexity index is 1580. The third-order valence-electron chi connectivity index (χ3n) is 6.20. The van der Waals surface area contributed by atoms with Gasteiger partial charge in [-0.2, -0.15) is 4.98 Å². The van der Waals surface area contributed by atoms with Gasteiger partial charge in [-0.3, -0.25) is 4.57 Å². The summed E-state index contributed by atoms with van der Waals surface area (Å²) < 4.78 is 24.1. The van der Waals surface area contributed by atoms with Crippen LogP contribution in [0.25, 0.3) is 0 Å². The smallest absolute Gasteiger partial charge is 0.354 e. The quantitative estimate of drug-likeness (QED) is 0.251. The zero-order chi connectivity index (χ0) is 28.8. The molecule has 0 aliphatic carbocycles. The van der Waals surface area contributed by atoms with Crippen molar-refractivity contribution >= 4 is 23.9 Å². The van der Waals surface area contributed by atoms with Crippen molar-refractivity contribution in [2.24, 2.45) is 0 Å². The van der Waals surface area contributed by atoms with E-state index in [1.54, 1.807) is 78.9 Å². The minimum absolute atomic E-state index is 0.208. The maximum atomic E-state index is 13.1. The van der Waals surface area contributed by atoms with E-state index in [2.05, 4.69) is 9.97 Å². The minimum Gasteiger partial charge on any atom is -0.459 e. The number of hydrogen-bond donors (Lipinski definition) is 1. The molecule has 12 nitrogen and oxygen atoms in total. The van der Waals surface area contributed by atoms with Crippen molar-refractivity contribution in [1.82, 2.24) is 14.5 Å². The zero-order valence-electron chi connectivity index (χ0n) is 21.4. The zero-order valence-corrected chi connectivity index (χ0v) is 21.4. The van der Waals surface area contributed by atoms with Gasteiger partial charge in [-0.1, -0.05) is 54.6 Å². The van der Waals surface area contributed by atoms with E-state index in [9.17, 15) is 19.2 Å². The lowest BCUT2D eigenvalue weighted by atomic mass is 10.1. The fourth-order valence-corrected chi connectivity index (χ4v) is 4.21. The molecule has 0 saturated carbocycles. The highest BCUT2D eigenvalue weighted by atomic mass is 16.7. The molecule has 208 valence electrons. The molecule has 0 unspecified atom stereocenters. The van der Waals surface area contributed by atoms with Gasteiger partial charge in [0.05, 0.1) is 16.7 Å². The Balaban J connectivity index is 1.49. The van der Waals surface area contributed by atoms with Crippen molar-refractivity contribution in [3.05, 3.63) is 124 Å². The van der Waals surface area contributed by atoms with Gasteiger partial charge in [0.1, 0.15) is 19.0 Å². The topological polar surface area (TPSA) is 162 Å². The standard InChI is InChI=1S/C29H24N4O8/c30-28-31-17-33(29(37)32-28)24-23(41-27(36)20-14-8-3-9-15-20)22(40-26(35)19-12-6-2-7-13-19)21(39-24)16-38-25(34)18-10-4-1-5-11-18/h1-15,17,21-24H,16H2,(H2,30,32,37)/t21-,22-,23-,24-/m0/s1. The number of hydrogen-bond acceptors (Lipinski definition) is 11. The number of carbonyl (C=O) groups is 3. The molecule has 0 amide bonds. The van der Waals surface area contributed by atoms with Crippen LogP contribution in [-0.2, 0) is 18.9 Å². The first kappa shape index (κ1) is 27.2. The van der Waals surface area contributed by atoms with Crippen LogP contribution in [-0.4, -0.2) is 57.4 Å². The second kappa shape index (κ2) is 12.2. The van der Waals surface area contributed by atoms with Crippen molar-refractivity contribution < 1.29 is 33.3 Å². The summed E-state index contributed by atoms with van der Waals surface area (Å²) in [7, 11) is 0. The number of esters is 3. The maximum Gasteiger partial charge on any atom is 0.354 e. The van der Waals surface area contributed by atoms with Crippen LogP contribution in [0.2, 0.25) is 0 Å². The Labute approximate surface area is 233 Å². The van der Waals surface area contributed by atoms with Crippen LogP contribution in [0.5, 0.6) is 0 Å². The van der Waals surface area contributed by atoms with Gasteiger partial charge in [0.15, 0.2) is 18.4 Å². The Morgan fingerprint density at radius 1 is 0.756 bits per heavy atom. The van der Waals surface area contributed by atoms with Crippen LogP contribution in [0.15, 0.2) is 102 Å². The predicted molar refractivity (Wildman–Crippen MR) is 143 cm³/mol. The number of nitrogens with zero attached hydrogens (tertiary/aromatic N) is 3. The number of ether oxygens (including phenoxy) is 4. The number of nitrogens with two attached hydrogens (primary N) is 1. The largest absolute Gasteiger partial charge is 0.459 e. The first-order chi connectivity index (χ1) is 19.9. The van der Waals surface area contributed by atoms with Crippen LogP contribution < -0.4 is 11.4 Å². The average Bonchev–Trinajstić information content (AvgIpc) is 3.33. The minimum atomic E-state index is -1.37. The van der Waals surface area contributed by atoms with Crippen LogP contribution in [0.4, 0.5) is 5.95 Å². The van der Waals surface area contributed by atoms with E-state index in [-0.39, 0.29) is 22.6 Å². The normalized spacial score (nSPS) is 19.7. The van der Waals surface area contributed by atoms with E-state index < -0.39 is 54.7 Å². The third kappa shape index (κ3) is 6.28. The SMILES string of the molecule is Nc1ncn([C@H]2O[C@@H](COC(=O)c3ccccc3)[C@H](OC(=O)c3ccccc3)[C@@H]2OC(=O)c2ccccc2)c(=O)n1. The molecule has 4 atom stereocenters. The van der Waals surface area contributed by atoms with E-state index >= 15 is 0 Å². The van der Waals surface area contributed by atoms with Crippen molar-refractivity contribution in [2.45, 2.75) is 24.5 Å². The molecule has 3 aromatic carbocycles. The number of rotatable bonds is 8. The van der Waals surface area contributed by atoms with E-state index in [1.807, 2.05) is 0 Å². The van der Waals surface area contributed by atoms with Crippen LogP contribution >= 0.6 is 0 Å². The molecule has 1 saturated heterocycles.